The van der Waals surface area contributed by atoms with Gasteiger partial charge in [0.15, 0.2) is 16.5 Å². The van der Waals surface area contributed by atoms with Crippen LogP contribution in [0.25, 0.3) is 0 Å². The number of hydrogen-bond acceptors (Lipinski definition) is 7. The van der Waals surface area contributed by atoms with Crippen LogP contribution in [-0.4, -0.2) is 65.2 Å². The third-order valence-corrected chi connectivity index (χ3v) is 7.20. The predicted molar refractivity (Wildman–Crippen MR) is 103 cm³/mol. The van der Waals surface area contributed by atoms with Crippen molar-refractivity contribution in [1.29, 1.82) is 0 Å². The Morgan fingerprint density at radius 1 is 1.17 bits per heavy atom. The van der Waals surface area contributed by atoms with Gasteiger partial charge in [-0.2, -0.15) is 0 Å². The number of sulfone groups is 1. The van der Waals surface area contributed by atoms with Crippen molar-refractivity contribution in [2.24, 2.45) is 0 Å². The first-order valence-corrected chi connectivity index (χ1v) is 11.1. The molecule has 1 aromatic carbocycles. The molecule has 2 heterocycles. The van der Waals surface area contributed by atoms with E-state index in [1.165, 1.54) is 4.90 Å². The molecular weight excluding hydrogens is 404 g/mol. The van der Waals surface area contributed by atoms with Gasteiger partial charge in [-0.1, -0.05) is 0 Å². The highest BCUT2D eigenvalue weighted by atomic mass is 32.2. The number of fused-ring (bicyclic) bond motifs is 1. The van der Waals surface area contributed by atoms with Crippen LogP contribution >= 0.6 is 0 Å². The van der Waals surface area contributed by atoms with Crippen LogP contribution in [-0.2, 0) is 19.4 Å². The molecule has 29 heavy (non-hydrogen) atoms. The minimum atomic E-state index is -4.41. The lowest BCUT2D eigenvalue weighted by Gasteiger charge is -2.36. The van der Waals surface area contributed by atoms with Crippen LogP contribution < -0.4 is 9.80 Å². The molecule has 2 fully saturated rings. The topological polar surface area (TPSA) is 70.2 Å². The van der Waals surface area contributed by atoms with Crippen molar-refractivity contribution in [3.8, 4) is 0 Å². The van der Waals surface area contributed by atoms with Gasteiger partial charge in [-0.25, -0.2) is 22.0 Å². The number of ether oxygens (including phenoxy) is 1. The highest BCUT2D eigenvalue weighted by Crippen LogP contribution is 2.46. The smallest absolute Gasteiger partial charge is 0.351 e. The van der Waals surface area contributed by atoms with Gasteiger partial charge < -0.3 is 19.4 Å². The molecule has 0 unspecified atom stereocenters. The molecular formula is C19H23F2N3O4S. The fourth-order valence-electron chi connectivity index (χ4n) is 3.73. The lowest BCUT2D eigenvalue weighted by atomic mass is 10.1. The average molecular weight is 427 g/mol. The number of esters is 1. The summed E-state index contributed by atoms with van der Waals surface area (Å²) in [6.45, 7) is 3.71. The maximum Gasteiger partial charge on any atom is 0.351 e. The van der Waals surface area contributed by atoms with Crippen LogP contribution in [0.4, 0.5) is 20.2 Å². The molecule has 1 aromatic rings. The molecule has 7 nitrogen and oxygen atoms in total. The van der Waals surface area contributed by atoms with Crippen molar-refractivity contribution in [1.82, 2.24) is 4.90 Å². The number of carbonyl (C=O) groups is 1. The van der Waals surface area contributed by atoms with Crippen molar-refractivity contribution in [3.63, 3.8) is 0 Å². The molecule has 10 heteroatoms. The van der Waals surface area contributed by atoms with E-state index in [2.05, 4.69) is 4.90 Å². The zero-order valence-corrected chi connectivity index (χ0v) is 17.1. The number of benzene rings is 1. The normalized spacial score (nSPS) is 21.6. The number of halogens is 2. The van der Waals surface area contributed by atoms with E-state index in [9.17, 15) is 17.6 Å². The van der Waals surface area contributed by atoms with Crippen LogP contribution in [0.2, 0.25) is 0 Å². The average Bonchev–Trinajstić information content (AvgIpc) is 3.49. The van der Waals surface area contributed by atoms with Gasteiger partial charge in [0.2, 0.25) is 9.84 Å². The van der Waals surface area contributed by atoms with E-state index < -0.39 is 37.2 Å². The number of likely N-dealkylation sites (N-methyl/N-ethyl adjacent to an activating group) is 1. The van der Waals surface area contributed by atoms with Crippen LogP contribution in [0.3, 0.4) is 0 Å². The van der Waals surface area contributed by atoms with Crippen molar-refractivity contribution < 1.29 is 26.7 Å². The molecule has 0 aromatic heterocycles. The standard InChI is InChI=1S/C19H23F2N3O4S/c1-3-28-19(25)15-11-24(12-4-5-12)18-14(29(15,26)27)10-13(20)17(16(18)21)23-8-6-22(2)7-9-23/h10-12H,3-9H2,1-2H3. The first-order chi connectivity index (χ1) is 13.8. The number of hydrogen-bond donors (Lipinski definition) is 0. The Morgan fingerprint density at radius 3 is 2.41 bits per heavy atom. The van der Waals surface area contributed by atoms with Gasteiger partial charge >= 0.3 is 5.97 Å². The van der Waals surface area contributed by atoms with E-state index in [-0.39, 0.29) is 24.0 Å². The van der Waals surface area contributed by atoms with Crippen molar-refractivity contribution in [3.05, 3.63) is 28.8 Å². The lowest BCUT2D eigenvalue weighted by molar-refractivity contribution is -0.137. The second-order valence-corrected chi connectivity index (χ2v) is 9.40. The molecule has 2 aliphatic heterocycles. The summed E-state index contributed by atoms with van der Waals surface area (Å²) in [5.74, 6) is -2.87. The Hall–Kier alpha value is -2.20. The van der Waals surface area contributed by atoms with Gasteiger partial charge in [-0.15, -0.1) is 0 Å². The molecule has 0 bridgehead atoms. The maximum absolute atomic E-state index is 15.6. The Labute approximate surface area is 168 Å². The largest absolute Gasteiger partial charge is 0.462 e. The number of anilines is 2. The molecule has 0 amide bonds. The lowest BCUT2D eigenvalue weighted by Crippen LogP contribution is -2.45. The predicted octanol–water partition coefficient (Wildman–Crippen LogP) is 1.88. The van der Waals surface area contributed by atoms with Gasteiger partial charge in [0, 0.05) is 38.4 Å². The molecule has 0 N–H and O–H groups in total. The van der Waals surface area contributed by atoms with Crippen molar-refractivity contribution >= 4 is 27.2 Å². The molecule has 1 aliphatic carbocycles. The molecule has 3 aliphatic rings. The van der Waals surface area contributed by atoms with Gasteiger partial charge in [0.25, 0.3) is 0 Å². The van der Waals surface area contributed by atoms with Crippen LogP contribution in [0.1, 0.15) is 19.8 Å². The molecule has 0 radical (unpaired) electrons. The third kappa shape index (κ3) is 3.38. The van der Waals surface area contributed by atoms with E-state index in [0.29, 0.717) is 26.2 Å². The minimum Gasteiger partial charge on any atom is -0.462 e. The summed E-state index contributed by atoms with van der Waals surface area (Å²) < 4.78 is 61.4. The SMILES string of the molecule is CCOC(=O)C1=CN(C2CC2)c2c(cc(F)c(N3CCN(C)CC3)c2F)S1(=O)=O. The third-order valence-electron chi connectivity index (χ3n) is 5.46. The fourth-order valence-corrected chi connectivity index (χ4v) is 5.20. The summed E-state index contributed by atoms with van der Waals surface area (Å²) in [6, 6.07) is 0.706. The zero-order valence-electron chi connectivity index (χ0n) is 16.3. The quantitative estimate of drug-likeness (QED) is 0.680. The second kappa shape index (κ2) is 7.24. The molecule has 0 spiro atoms. The second-order valence-electron chi connectivity index (χ2n) is 7.51. The van der Waals surface area contributed by atoms with E-state index in [0.717, 1.165) is 25.1 Å². The number of piperazine rings is 1. The van der Waals surface area contributed by atoms with Gasteiger partial charge in [0.05, 0.1) is 12.3 Å². The number of nitrogens with zero attached hydrogens (tertiary/aromatic N) is 3. The number of carbonyl (C=O) groups excluding carboxylic acids is 1. The zero-order chi connectivity index (χ0) is 20.9. The Balaban J connectivity index is 1.86. The van der Waals surface area contributed by atoms with E-state index >= 15 is 4.39 Å². The highest BCUT2D eigenvalue weighted by molar-refractivity contribution is 7.96. The Kier molecular flexibility index (Phi) is 5.02. The summed E-state index contributed by atoms with van der Waals surface area (Å²) in [5, 5.41) is 0. The van der Waals surface area contributed by atoms with Crippen molar-refractivity contribution in [2.75, 3.05) is 49.6 Å². The Bertz CT molecular complexity index is 984. The molecule has 4 rings (SSSR count). The summed E-state index contributed by atoms with van der Waals surface area (Å²) in [7, 11) is -2.48. The molecule has 158 valence electrons. The summed E-state index contributed by atoms with van der Waals surface area (Å²) in [5.41, 5.74) is -0.401. The van der Waals surface area contributed by atoms with Crippen LogP contribution in [0, 0.1) is 11.6 Å². The molecule has 1 saturated carbocycles. The van der Waals surface area contributed by atoms with Crippen LogP contribution in [0.5, 0.6) is 0 Å². The van der Waals surface area contributed by atoms with Crippen molar-refractivity contribution in [2.45, 2.75) is 30.7 Å². The number of rotatable bonds is 4. The monoisotopic (exact) mass is 427 g/mol. The Morgan fingerprint density at radius 2 is 1.83 bits per heavy atom. The van der Waals surface area contributed by atoms with Gasteiger partial charge in [-0.3, -0.25) is 0 Å². The summed E-state index contributed by atoms with van der Waals surface area (Å²) in [4.78, 5) is 16.2. The molecule has 0 atom stereocenters. The first kappa shape index (κ1) is 20.1. The minimum absolute atomic E-state index is 0.00690. The van der Waals surface area contributed by atoms with Crippen LogP contribution in [0.15, 0.2) is 22.1 Å². The van der Waals surface area contributed by atoms with Gasteiger partial charge in [-0.05, 0) is 32.9 Å². The van der Waals surface area contributed by atoms with E-state index in [1.807, 2.05) is 7.05 Å². The maximum atomic E-state index is 15.6. The first-order valence-electron chi connectivity index (χ1n) is 9.63. The fraction of sp³-hybridized carbons (Fsp3) is 0.526. The molecule has 1 saturated heterocycles. The summed E-state index contributed by atoms with van der Waals surface area (Å²) >= 11 is 0. The van der Waals surface area contributed by atoms with E-state index in [1.54, 1.807) is 11.8 Å². The van der Waals surface area contributed by atoms with Gasteiger partial charge in [0.1, 0.15) is 10.6 Å². The van der Waals surface area contributed by atoms with E-state index in [4.69, 9.17) is 4.74 Å². The highest BCUT2D eigenvalue weighted by Gasteiger charge is 2.44. The summed E-state index contributed by atoms with van der Waals surface area (Å²) in [6.07, 6.45) is 2.60.